The molecule has 0 bridgehead atoms. The highest BCUT2D eigenvalue weighted by molar-refractivity contribution is 5.84. The van der Waals surface area contributed by atoms with Gasteiger partial charge in [0.25, 0.3) is 0 Å². The predicted octanol–water partition coefficient (Wildman–Crippen LogP) is 2.66. The van der Waals surface area contributed by atoms with Gasteiger partial charge in [-0.05, 0) is 37.1 Å². The van der Waals surface area contributed by atoms with E-state index in [9.17, 15) is 0 Å². The molecule has 1 heterocycles. The first-order valence-corrected chi connectivity index (χ1v) is 3.67. The van der Waals surface area contributed by atoms with Crippen LogP contribution in [0.3, 0.4) is 0 Å². The van der Waals surface area contributed by atoms with Gasteiger partial charge in [0.15, 0.2) is 0 Å². The Labute approximate surface area is 66.1 Å². The Bertz CT molecular complexity index is 385. The Balaban J connectivity index is 2.93. The van der Waals surface area contributed by atoms with Crippen LogP contribution in [0.1, 0.15) is 11.1 Å². The number of aromatic amines is 1. The monoisotopic (exact) mass is 144 g/mol. The molecule has 0 spiro atoms. The summed E-state index contributed by atoms with van der Waals surface area (Å²) in [6.07, 6.45) is 1.96. The number of H-pyrrole nitrogens is 1. The zero-order valence-corrected chi connectivity index (χ0v) is 6.52. The maximum atomic E-state index is 3.94. The normalized spacial score (nSPS) is 10.7. The molecular weight excluding hydrogens is 134 g/mol. The van der Waals surface area contributed by atoms with Crippen LogP contribution in [0.5, 0.6) is 0 Å². The van der Waals surface area contributed by atoms with E-state index in [0.717, 1.165) is 5.56 Å². The summed E-state index contributed by atoms with van der Waals surface area (Å²) in [5, 5.41) is 1.28. The minimum atomic E-state index is 1.11. The third-order valence-corrected chi connectivity index (χ3v) is 2.12. The van der Waals surface area contributed by atoms with Gasteiger partial charge < -0.3 is 4.98 Å². The third-order valence-electron chi connectivity index (χ3n) is 2.12. The van der Waals surface area contributed by atoms with Gasteiger partial charge in [-0.3, -0.25) is 0 Å². The lowest BCUT2D eigenvalue weighted by Crippen LogP contribution is -1.79. The van der Waals surface area contributed by atoms with Crippen molar-refractivity contribution in [2.75, 3.05) is 0 Å². The average molecular weight is 144 g/mol. The van der Waals surface area contributed by atoms with E-state index in [4.69, 9.17) is 0 Å². The summed E-state index contributed by atoms with van der Waals surface area (Å²) in [6, 6.07) is 6.18. The quantitative estimate of drug-likeness (QED) is 0.585. The summed E-state index contributed by atoms with van der Waals surface area (Å²) < 4.78 is 0. The molecule has 0 fully saturated rings. The van der Waals surface area contributed by atoms with Gasteiger partial charge in [0.05, 0.1) is 0 Å². The molecule has 0 atom stereocenters. The molecule has 1 N–H and O–H groups in total. The summed E-state index contributed by atoms with van der Waals surface area (Å²) in [6.45, 7) is 6.03. The first kappa shape index (κ1) is 6.47. The fourth-order valence-corrected chi connectivity index (χ4v) is 1.33. The minimum Gasteiger partial charge on any atom is -0.361 e. The Hall–Kier alpha value is -1.24. The number of rotatable bonds is 0. The fraction of sp³-hybridized carbons (Fsp3) is 0.100. The van der Waals surface area contributed by atoms with Gasteiger partial charge in [-0.25, -0.2) is 0 Å². The Morgan fingerprint density at radius 3 is 2.91 bits per heavy atom. The molecule has 11 heavy (non-hydrogen) atoms. The molecule has 1 heteroatoms. The molecule has 1 aromatic heterocycles. The summed E-state index contributed by atoms with van der Waals surface area (Å²) in [5.41, 5.74) is 3.57. The number of hydrogen-bond donors (Lipinski definition) is 1. The molecule has 0 saturated heterocycles. The van der Waals surface area contributed by atoms with Crippen LogP contribution in [0.15, 0.2) is 24.4 Å². The second-order valence-corrected chi connectivity index (χ2v) is 2.79. The van der Waals surface area contributed by atoms with Crippen LogP contribution in [0, 0.1) is 13.8 Å². The summed E-state index contributed by atoms with van der Waals surface area (Å²) in [7, 11) is 0. The molecule has 1 nitrogen and oxygen atoms in total. The van der Waals surface area contributed by atoms with Gasteiger partial charge in [0.2, 0.25) is 0 Å². The van der Waals surface area contributed by atoms with E-state index in [1.54, 1.807) is 0 Å². The Morgan fingerprint density at radius 1 is 1.27 bits per heavy atom. The fourth-order valence-electron chi connectivity index (χ4n) is 1.33. The van der Waals surface area contributed by atoms with E-state index >= 15 is 0 Å². The lowest BCUT2D eigenvalue weighted by molar-refractivity contribution is 1.44. The van der Waals surface area contributed by atoms with Gasteiger partial charge in [-0.1, -0.05) is 6.07 Å². The topological polar surface area (TPSA) is 15.8 Å². The van der Waals surface area contributed by atoms with Crippen LogP contribution in [-0.4, -0.2) is 4.98 Å². The third kappa shape index (κ3) is 0.845. The molecule has 0 aliphatic heterocycles. The van der Waals surface area contributed by atoms with Crippen molar-refractivity contribution in [2.45, 2.75) is 6.92 Å². The van der Waals surface area contributed by atoms with Crippen LogP contribution in [0.25, 0.3) is 10.9 Å². The van der Waals surface area contributed by atoms with Gasteiger partial charge >= 0.3 is 0 Å². The van der Waals surface area contributed by atoms with Crippen LogP contribution in [-0.2, 0) is 0 Å². The summed E-state index contributed by atoms with van der Waals surface area (Å²) in [5.74, 6) is 0. The molecule has 0 aliphatic carbocycles. The summed E-state index contributed by atoms with van der Waals surface area (Å²) >= 11 is 0. The number of nitrogens with one attached hydrogen (secondary N) is 1. The molecule has 0 saturated carbocycles. The van der Waals surface area contributed by atoms with Crippen molar-refractivity contribution in [3.05, 3.63) is 42.4 Å². The lowest BCUT2D eigenvalue weighted by Gasteiger charge is -1.99. The number of aromatic nitrogens is 1. The molecule has 0 unspecified atom stereocenters. The van der Waals surface area contributed by atoms with E-state index < -0.39 is 0 Å². The molecular formula is C10H10N. The molecule has 0 aliphatic rings. The van der Waals surface area contributed by atoms with Crippen molar-refractivity contribution in [2.24, 2.45) is 0 Å². The summed E-state index contributed by atoms with van der Waals surface area (Å²) in [4.78, 5) is 3.16. The molecule has 2 rings (SSSR count). The van der Waals surface area contributed by atoms with Crippen LogP contribution >= 0.6 is 0 Å². The van der Waals surface area contributed by atoms with Gasteiger partial charge in [0, 0.05) is 17.1 Å². The number of fused-ring (bicyclic) bond motifs is 1. The van der Waals surface area contributed by atoms with E-state index in [0.29, 0.717) is 0 Å². The number of benzene rings is 1. The van der Waals surface area contributed by atoms with Crippen LogP contribution in [0.2, 0.25) is 0 Å². The molecule has 0 amide bonds. The standard InChI is InChI=1S/C10H10N/c1-7-3-4-10-9(8(7)2)5-6-11-10/h3-6,11H,1H2,2H3. The SMILES string of the molecule is [CH2]c1ccc2[nH]ccc2c1C. The van der Waals surface area contributed by atoms with Gasteiger partial charge in [-0.2, -0.15) is 0 Å². The minimum absolute atomic E-state index is 1.11. The number of aryl methyl sites for hydroxylation is 1. The Morgan fingerprint density at radius 2 is 2.09 bits per heavy atom. The zero-order chi connectivity index (χ0) is 7.84. The highest BCUT2D eigenvalue weighted by Gasteiger charge is 1.98. The molecule has 1 aromatic carbocycles. The number of hydrogen-bond acceptors (Lipinski definition) is 0. The van der Waals surface area contributed by atoms with Crippen molar-refractivity contribution in [3.8, 4) is 0 Å². The van der Waals surface area contributed by atoms with Crippen molar-refractivity contribution in [1.82, 2.24) is 4.98 Å². The van der Waals surface area contributed by atoms with Crippen LogP contribution in [0.4, 0.5) is 0 Å². The maximum absolute atomic E-state index is 3.94. The molecule has 1 radical (unpaired) electrons. The first-order chi connectivity index (χ1) is 5.29. The van der Waals surface area contributed by atoms with E-state index in [1.807, 2.05) is 12.3 Å². The van der Waals surface area contributed by atoms with Crippen molar-refractivity contribution in [3.63, 3.8) is 0 Å². The van der Waals surface area contributed by atoms with Crippen molar-refractivity contribution >= 4 is 10.9 Å². The van der Waals surface area contributed by atoms with Crippen molar-refractivity contribution in [1.29, 1.82) is 0 Å². The van der Waals surface area contributed by atoms with Gasteiger partial charge in [-0.15, -0.1) is 0 Å². The van der Waals surface area contributed by atoms with E-state index in [-0.39, 0.29) is 0 Å². The average Bonchev–Trinajstić information content (AvgIpc) is 2.45. The van der Waals surface area contributed by atoms with E-state index in [2.05, 4.69) is 31.0 Å². The molecule has 2 aromatic rings. The first-order valence-electron chi connectivity index (χ1n) is 3.67. The highest BCUT2D eigenvalue weighted by atomic mass is 14.7. The largest absolute Gasteiger partial charge is 0.361 e. The Kier molecular flexibility index (Phi) is 1.25. The highest BCUT2D eigenvalue weighted by Crippen LogP contribution is 2.19. The zero-order valence-electron chi connectivity index (χ0n) is 6.52. The smallest absolute Gasteiger partial charge is 0.0456 e. The molecule has 55 valence electrons. The second kappa shape index (κ2) is 2.12. The van der Waals surface area contributed by atoms with Gasteiger partial charge in [0.1, 0.15) is 0 Å². The predicted molar refractivity (Wildman–Crippen MR) is 47.5 cm³/mol. The maximum Gasteiger partial charge on any atom is 0.0456 e. The van der Waals surface area contributed by atoms with Crippen molar-refractivity contribution < 1.29 is 0 Å². The van der Waals surface area contributed by atoms with Crippen LogP contribution < -0.4 is 0 Å². The van der Waals surface area contributed by atoms with E-state index in [1.165, 1.54) is 16.5 Å². The lowest BCUT2D eigenvalue weighted by atomic mass is 10.1. The second-order valence-electron chi connectivity index (χ2n) is 2.79.